The number of nitrogen functional groups attached to an aromatic ring is 1. The number of hydrogen-bond donors (Lipinski definition) is 2. The van der Waals surface area contributed by atoms with E-state index in [0.29, 0.717) is 22.5 Å². The maximum absolute atomic E-state index is 14.7. The van der Waals surface area contributed by atoms with Crippen molar-refractivity contribution in [1.29, 1.82) is 0 Å². The van der Waals surface area contributed by atoms with Gasteiger partial charge in [-0.05, 0) is 28.4 Å². The van der Waals surface area contributed by atoms with Crippen LogP contribution in [0.3, 0.4) is 0 Å². The second-order valence-electron chi connectivity index (χ2n) is 6.44. The van der Waals surface area contributed by atoms with Crippen LogP contribution >= 0.6 is 27.3 Å². The molecule has 0 aliphatic heterocycles. The minimum absolute atomic E-state index is 0.146. The van der Waals surface area contributed by atoms with E-state index >= 15 is 0 Å². The zero-order chi connectivity index (χ0) is 19.8. The molecule has 4 rings (SSSR count). The third-order valence-corrected chi connectivity index (χ3v) is 6.06. The molecule has 0 saturated carbocycles. The first-order valence-electron chi connectivity index (χ1n) is 8.47. The molecule has 1 aromatic carbocycles. The van der Waals surface area contributed by atoms with Crippen molar-refractivity contribution in [2.24, 2.45) is 0 Å². The van der Waals surface area contributed by atoms with Crippen LogP contribution in [0, 0.1) is 5.82 Å². The van der Waals surface area contributed by atoms with Crippen LogP contribution in [-0.4, -0.2) is 36.2 Å². The normalized spacial score (nSPS) is 12.6. The van der Waals surface area contributed by atoms with Gasteiger partial charge in [0.25, 0.3) is 0 Å². The van der Waals surface area contributed by atoms with Gasteiger partial charge in [-0.2, -0.15) is 0 Å². The molecule has 3 aromatic heterocycles. The predicted octanol–water partition coefficient (Wildman–Crippen LogP) is 3.41. The molecule has 0 bridgehead atoms. The third-order valence-electron chi connectivity index (χ3n) is 4.18. The molecule has 7 nitrogen and oxygen atoms in total. The first-order chi connectivity index (χ1) is 13.4. The second-order valence-corrected chi connectivity index (χ2v) is 8.17. The standard InChI is InChI=1S/C18H16BrFN6OS/c1-9(27)5-10-3-2-4-11(14(10)20)6-26-7-13(24-25-26)16-17-15(12(19)8-28-17)22-18(21)23-16/h2-4,7-9,27H,5-6H2,1H3,(H2,21,22,23). The monoisotopic (exact) mass is 462 g/mol. The number of aliphatic hydroxyl groups excluding tert-OH is 1. The molecule has 1 atom stereocenters. The van der Waals surface area contributed by atoms with Crippen LogP contribution in [-0.2, 0) is 13.0 Å². The lowest BCUT2D eigenvalue weighted by atomic mass is 10.0. The van der Waals surface area contributed by atoms with Crippen molar-refractivity contribution in [3.8, 4) is 11.4 Å². The molecular formula is C18H16BrFN6OS. The number of fused-ring (bicyclic) bond motifs is 1. The molecule has 0 spiro atoms. The van der Waals surface area contributed by atoms with Crippen LogP contribution < -0.4 is 5.73 Å². The Kier molecular flexibility index (Phi) is 5.09. The van der Waals surface area contributed by atoms with E-state index in [1.807, 2.05) is 5.38 Å². The molecule has 0 amide bonds. The summed E-state index contributed by atoms with van der Waals surface area (Å²) in [5.74, 6) is -0.190. The fourth-order valence-corrected chi connectivity index (χ4v) is 4.53. The van der Waals surface area contributed by atoms with Gasteiger partial charge in [0.2, 0.25) is 5.95 Å². The number of halogens is 2. The predicted molar refractivity (Wildman–Crippen MR) is 109 cm³/mol. The van der Waals surface area contributed by atoms with Crippen LogP contribution in [0.4, 0.5) is 10.3 Å². The summed E-state index contributed by atoms with van der Waals surface area (Å²) in [5.41, 5.74) is 8.63. The molecule has 3 N–H and O–H groups in total. The average molecular weight is 463 g/mol. The Bertz CT molecular complexity index is 1160. The van der Waals surface area contributed by atoms with Crippen LogP contribution in [0.1, 0.15) is 18.1 Å². The van der Waals surface area contributed by atoms with Crippen molar-refractivity contribution >= 4 is 43.4 Å². The third kappa shape index (κ3) is 3.62. The lowest BCUT2D eigenvalue weighted by molar-refractivity contribution is 0.194. The number of aliphatic hydroxyl groups is 1. The van der Waals surface area contributed by atoms with E-state index in [4.69, 9.17) is 5.73 Å². The van der Waals surface area contributed by atoms with Crippen molar-refractivity contribution < 1.29 is 9.50 Å². The lowest BCUT2D eigenvalue weighted by Gasteiger charge is -2.09. The Hall–Kier alpha value is -2.43. The smallest absolute Gasteiger partial charge is 0.221 e. The van der Waals surface area contributed by atoms with Crippen molar-refractivity contribution in [2.75, 3.05) is 5.73 Å². The van der Waals surface area contributed by atoms with Crippen molar-refractivity contribution in [3.63, 3.8) is 0 Å². The molecule has 4 aromatic rings. The first kappa shape index (κ1) is 18.9. The Morgan fingerprint density at radius 2 is 2.11 bits per heavy atom. The Morgan fingerprint density at radius 1 is 1.32 bits per heavy atom. The summed E-state index contributed by atoms with van der Waals surface area (Å²) in [6.07, 6.45) is 1.35. The molecule has 0 radical (unpaired) electrons. The minimum atomic E-state index is -0.613. The molecule has 0 aliphatic rings. The summed E-state index contributed by atoms with van der Waals surface area (Å²) in [4.78, 5) is 8.55. The molecule has 0 saturated heterocycles. The number of rotatable bonds is 5. The van der Waals surface area contributed by atoms with Crippen LogP contribution in [0.15, 0.2) is 34.2 Å². The van der Waals surface area contributed by atoms with E-state index in [1.54, 1.807) is 36.0 Å². The topological polar surface area (TPSA) is 103 Å². The van der Waals surface area contributed by atoms with Crippen LogP contribution in [0.2, 0.25) is 0 Å². The highest BCUT2D eigenvalue weighted by molar-refractivity contribution is 9.10. The summed E-state index contributed by atoms with van der Waals surface area (Å²) in [7, 11) is 0. The maximum Gasteiger partial charge on any atom is 0.221 e. The van der Waals surface area contributed by atoms with Gasteiger partial charge in [-0.1, -0.05) is 23.4 Å². The molecular weight excluding hydrogens is 447 g/mol. The van der Waals surface area contributed by atoms with Gasteiger partial charge in [-0.25, -0.2) is 19.0 Å². The zero-order valence-electron chi connectivity index (χ0n) is 14.8. The summed E-state index contributed by atoms with van der Waals surface area (Å²) in [6.45, 7) is 1.84. The highest BCUT2D eigenvalue weighted by Gasteiger charge is 2.17. The summed E-state index contributed by atoms with van der Waals surface area (Å²) < 4.78 is 17.9. The van der Waals surface area contributed by atoms with E-state index < -0.39 is 6.10 Å². The van der Waals surface area contributed by atoms with Gasteiger partial charge in [0.15, 0.2) is 0 Å². The van der Waals surface area contributed by atoms with Gasteiger partial charge in [-0.3, -0.25) is 0 Å². The highest BCUT2D eigenvalue weighted by Crippen LogP contribution is 2.35. The van der Waals surface area contributed by atoms with E-state index in [9.17, 15) is 9.50 Å². The lowest BCUT2D eigenvalue weighted by Crippen LogP contribution is -2.09. The SMILES string of the molecule is CC(O)Cc1cccc(Cn2cc(-c3nc(N)nc4c(Br)csc34)nn2)c1F. The fourth-order valence-electron chi connectivity index (χ4n) is 2.97. The maximum atomic E-state index is 14.7. The Morgan fingerprint density at radius 3 is 2.89 bits per heavy atom. The number of aromatic nitrogens is 5. The Balaban J connectivity index is 1.67. The largest absolute Gasteiger partial charge is 0.393 e. The van der Waals surface area contributed by atoms with Gasteiger partial charge >= 0.3 is 0 Å². The molecule has 10 heteroatoms. The molecule has 28 heavy (non-hydrogen) atoms. The fraction of sp³-hybridized carbons (Fsp3) is 0.222. The minimum Gasteiger partial charge on any atom is -0.393 e. The number of nitrogens with two attached hydrogens (primary N) is 1. The van der Waals surface area contributed by atoms with Gasteiger partial charge in [-0.15, -0.1) is 16.4 Å². The average Bonchev–Trinajstić information content (AvgIpc) is 3.25. The number of benzene rings is 1. The quantitative estimate of drug-likeness (QED) is 0.470. The van der Waals surface area contributed by atoms with Gasteiger partial charge in [0, 0.05) is 17.4 Å². The van der Waals surface area contributed by atoms with E-state index in [1.165, 1.54) is 11.3 Å². The number of hydrogen-bond acceptors (Lipinski definition) is 7. The van der Waals surface area contributed by atoms with Crippen molar-refractivity contribution in [3.05, 3.63) is 51.2 Å². The van der Waals surface area contributed by atoms with E-state index in [0.717, 1.165) is 14.7 Å². The number of thiophene rings is 1. The molecule has 1 unspecified atom stereocenters. The van der Waals surface area contributed by atoms with E-state index in [2.05, 4.69) is 36.2 Å². The van der Waals surface area contributed by atoms with Gasteiger partial charge in [0.05, 0.1) is 28.0 Å². The molecule has 3 heterocycles. The second kappa shape index (κ2) is 7.53. The van der Waals surface area contributed by atoms with Crippen LogP contribution in [0.25, 0.3) is 21.6 Å². The zero-order valence-corrected chi connectivity index (χ0v) is 17.2. The molecule has 0 aliphatic carbocycles. The number of anilines is 1. The van der Waals surface area contributed by atoms with Crippen molar-refractivity contribution in [2.45, 2.75) is 26.0 Å². The summed E-state index contributed by atoms with van der Waals surface area (Å²) in [5, 5.41) is 19.7. The Labute approximate surface area is 172 Å². The van der Waals surface area contributed by atoms with E-state index in [-0.39, 0.29) is 24.7 Å². The highest BCUT2D eigenvalue weighted by atomic mass is 79.9. The number of nitrogens with zero attached hydrogens (tertiary/aromatic N) is 5. The van der Waals surface area contributed by atoms with Crippen molar-refractivity contribution in [1.82, 2.24) is 25.0 Å². The molecule has 0 fully saturated rings. The van der Waals surface area contributed by atoms with Gasteiger partial charge in [0.1, 0.15) is 22.7 Å². The van der Waals surface area contributed by atoms with Gasteiger partial charge < -0.3 is 10.8 Å². The van der Waals surface area contributed by atoms with Crippen LogP contribution in [0.5, 0.6) is 0 Å². The summed E-state index contributed by atoms with van der Waals surface area (Å²) in [6, 6.07) is 5.14. The summed E-state index contributed by atoms with van der Waals surface area (Å²) >= 11 is 4.93. The molecule has 144 valence electrons. The first-order valence-corrected chi connectivity index (χ1v) is 10.1.